The summed E-state index contributed by atoms with van der Waals surface area (Å²) >= 11 is 6.23. The predicted octanol–water partition coefficient (Wildman–Crippen LogP) is 4.46. The number of esters is 1. The highest BCUT2D eigenvalue weighted by Gasteiger charge is 2.30. The van der Waals surface area contributed by atoms with E-state index in [0.717, 1.165) is 29.8 Å². The third kappa shape index (κ3) is 2.93. The molecule has 0 bridgehead atoms. The molecule has 1 aliphatic carbocycles. The summed E-state index contributed by atoms with van der Waals surface area (Å²) in [4.78, 5) is 16.7. The van der Waals surface area contributed by atoms with E-state index in [9.17, 15) is 4.79 Å². The first-order valence-corrected chi connectivity index (χ1v) is 7.51. The van der Waals surface area contributed by atoms with Crippen molar-refractivity contribution >= 4 is 17.6 Å². The van der Waals surface area contributed by atoms with Crippen LogP contribution in [-0.4, -0.2) is 17.6 Å². The summed E-state index contributed by atoms with van der Waals surface area (Å²) in [5, 5.41) is 0.663. The third-order valence-electron chi connectivity index (χ3n) is 3.53. The Hall–Kier alpha value is -1.87. The average molecular weight is 302 g/mol. The lowest BCUT2D eigenvalue weighted by atomic mass is 10.1. The zero-order valence-electron chi connectivity index (χ0n) is 11.8. The van der Waals surface area contributed by atoms with Crippen molar-refractivity contribution in [2.45, 2.75) is 25.7 Å². The van der Waals surface area contributed by atoms with Gasteiger partial charge in [0, 0.05) is 16.5 Å². The van der Waals surface area contributed by atoms with Crippen LogP contribution in [0.25, 0.3) is 11.3 Å². The molecule has 2 aromatic rings. The highest BCUT2D eigenvalue weighted by Crippen LogP contribution is 2.41. The number of hydrogen-bond acceptors (Lipinski definition) is 3. The SMILES string of the molecule is CCOC(=O)c1ccc(-c2ccccc2Cl)nc1C1CC1. The first-order chi connectivity index (χ1) is 10.2. The summed E-state index contributed by atoms with van der Waals surface area (Å²) in [6, 6.07) is 11.2. The number of rotatable bonds is 4. The zero-order valence-corrected chi connectivity index (χ0v) is 12.6. The van der Waals surface area contributed by atoms with Gasteiger partial charge >= 0.3 is 5.97 Å². The van der Waals surface area contributed by atoms with Gasteiger partial charge in [-0.3, -0.25) is 4.98 Å². The topological polar surface area (TPSA) is 39.2 Å². The minimum atomic E-state index is -0.294. The van der Waals surface area contributed by atoms with Crippen molar-refractivity contribution < 1.29 is 9.53 Å². The number of carbonyl (C=O) groups is 1. The van der Waals surface area contributed by atoms with Gasteiger partial charge in [0.05, 0.1) is 23.6 Å². The van der Waals surface area contributed by atoms with Crippen molar-refractivity contribution in [2.75, 3.05) is 6.61 Å². The maximum absolute atomic E-state index is 12.0. The Balaban J connectivity index is 2.04. The van der Waals surface area contributed by atoms with Gasteiger partial charge < -0.3 is 4.74 Å². The van der Waals surface area contributed by atoms with Crippen LogP contribution in [0.4, 0.5) is 0 Å². The van der Waals surface area contributed by atoms with Crippen molar-refractivity contribution in [3.8, 4) is 11.3 Å². The summed E-state index contributed by atoms with van der Waals surface area (Å²) in [6.45, 7) is 2.18. The molecule has 0 N–H and O–H groups in total. The Bertz CT molecular complexity index is 680. The number of benzene rings is 1. The van der Waals surface area contributed by atoms with Crippen LogP contribution in [0, 0.1) is 0 Å². The summed E-state index contributed by atoms with van der Waals surface area (Å²) in [5.74, 6) is 0.0736. The molecular formula is C17H16ClNO2. The molecule has 4 heteroatoms. The van der Waals surface area contributed by atoms with E-state index in [1.54, 1.807) is 13.0 Å². The molecule has 1 heterocycles. The number of aromatic nitrogens is 1. The van der Waals surface area contributed by atoms with Gasteiger partial charge in [0.15, 0.2) is 0 Å². The largest absolute Gasteiger partial charge is 0.462 e. The molecule has 0 aliphatic heterocycles. The van der Waals surface area contributed by atoms with Gasteiger partial charge in [-0.15, -0.1) is 0 Å². The Labute approximate surface area is 128 Å². The molecule has 0 amide bonds. The van der Waals surface area contributed by atoms with E-state index in [4.69, 9.17) is 16.3 Å². The van der Waals surface area contributed by atoms with E-state index in [1.165, 1.54) is 0 Å². The lowest BCUT2D eigenvalue weighted by molar-refractivity contribution is 0.0524. The van der Waals surface area contributed by atoms with Gasteiger partial charge in [0.25, 0.3) is 0 Å². The standard InChI is InChI=1S/C17H16ClNO2/c1-2-21-17(20)13-9-10-15(19-16(13)11-7-8-11)12-5-3-4-6-14(12)18/h3-6,9-11H,2,7-8H2,1H3. The van der Waals surface area contributed by atoms with Gasteiger partial charge in [-0.05, 0) is 38.0 Å². The first-order valence-electron chi connectivity index (χ1n) is 7.13. The number of hydrogen-bond donors (Lipinski definition) is 0. The molecule has 0 atom stereocenters. The van der Waals surface area contributed by atoms with E-state index in [2.05, 4.69) is 4.98 Å². The highest BCUT2D eigenvalue weighted by atomic mass is 35.5. The van der Waals surface area contributed by atoms with Crippen LogP contribution in [-0.2, 0) is 4.74 Å². The normalized spacial score (nSPS) is 14.0. The smallest absolute Gasteiger partial charge is 0.339 e. The number of pyridine rings is 1. The Morgan fingerprint density at radius 1 is 1.29 bits per heavy atom. The maximum atomic E-state index is 12.0. The molecule has 0 saturated heterocycles. The van der Waals surface area contributed by atoms with Crippen LogP contribution in [0.2, 0.25) is 5.02 Å². The van der Waals surface area contributed by atoms with Crippen molar-refractivity contribution in [1.29, 1.82) is 0 Å². The minimum absolute atomic E-state index is 0.294. The Morgan fingerprint density at radius 2 is 2.05 bits per heavy atom. The van der Waals surface area contributed by atoms with E-state index < -0.39 is 0 Å². The molecule has 1 saturated carbocycles. The molecule has 0 unspecified atom stereocenters. The lowest BCUT2D eigenvalue weighted by Crippen LogP contribution is -2.09. The molecule has 1 aromatic carbocycles. The number of nitrogens with zero attached hydrogens (tertiary/aromatic N) is 1. The van der Waals surface area contributed by atoms with Crippen LogP contribution in [0.1, 0.15) is 41.7 Å². The van der Waals surface area contributed by atoms with Gasteiger partial charge in [-0.25, -0.2) is 4.79 Å². The highest BCUT2D eigenvalue weighted by molar-refractivity contribution is 6.33. The van der Waals surface area contributed by atoms with Crippen LogP contribution in [0.3, 0.4) is 0 Å². The molecule has 0 spiro atoms. The van der Waals surface area contributed by atoms with E-state index in [1.807, 2.05) is 30.3 Å². The van der Waals surface area contributed by atoms with Crippen molar-refractivity contribution in [3.63, 3.8) is 0 Å². The van der Waals surface area contributed by atoms with E-state index in [-0.39, 0.29) is 5.97 Å². The van der Waals surface area contributed by atoms with Crippen LogP contribution >= 0.6 is 11.6 Å². The summed E-state index contributed by atoms with van der Waals surface area (Å²) in [7, 11) is 0. The van der Waals surface area contributed by atoms with Crippen molar-refractivity contribution in [2.24, 2.45) is 0 Å². The molecule has 1 fully saturated rings. The number of ether oxygens (including phenoxy) is 1. The summed E-state index contributed by atoms with van der Waals surface area (Å²) in [5.41, 5.74) is 3.10. The van der Waals surface area contributed by atoms with Gasteiger partial charge in [-0.1, -0.05) is 29.8 Å². The molecule has 108 valence electrons. The number of carbonyl (C=O) groups excluding carboxylic acids is 1. The van der Waals surface area contributed by atoms with Crippen LogP contribution < -0.4 is 0 Å². The monoisotopic (exact) mass is 301 g/mol. The quantitative estimate of drug-likeness (QED) is 0.783. The predicted molar refractivity (Wildman–Crippen MR) is 82.6 cm³/mol. The van der Waals surface area contributed by atoms with Crippen LogP contribution in [0.5, 0.6) is 0 Å². The second-order valence-corrected chi connectivity index (χ2v) is 5.51. The molecule has 1 aliphatic rings. The molecule has 21 heavy (non-hydrogen) atoms. The zero-order chi connectivity index (χ0) is 14.8. The minimum Gasteiger partial charge on any atom is -0.462 e. The first kappa shape index (κ1) is 14.1. The van der Waals surface area contributed by atoms with Crippen molar-refractivity contribution in [3.05, 3.63) is 52.7 Å². The van der Waals surface area contributed by atoms with E-state index >= 15 is 0 Å². The fourth-order valence-corrected chi connectivity index (χ4v) is 2.58. The second kappa shape index (κ2) is 5.86. The van der Waals surface area contributed by atoms with Crippen molar-refractivity contribution in [1.82, 2.24) is 4.98 Å². The second-order valence-electron chi connectivity index (χ2n) is 5.10. The maximum Gasteiger partial charge on any atom is 0.339 e. The molecule has 3 nitrogen and oxygen atoms in total. The van der Waals surface area contributed by atoms with Crippen LogP contribution in [0.15, 0.2) is 36.4 Å². The summed E-state index contributed by atoms with van der Waals surface area (Å²) in [6.07, 6.45) is 2.15. The van der Waals surface area contributed by atoms with E-state index in [0.29, 0.717) is 23.1 Å². The number of halogens is 1. The summed E-state index contributed by atoms with van der Waals surface area (Å²) < 4.78 is 5.11. The molecule has 0 radical (unpaired) electrons. The molecule has 1 aromatic heterocycles. The fourth-order valence-electron chi connectivity index (χ4n) is 2.34. The van der Waals surface area contributed by atoms with Gasteiger partial charge in [0.1, 0.15) is 0 Å². The fraction of sp³-hybridized carbons (Fsp3) is 0.294. The Kier molecular flexibility index (Phi) is 3.93. The lowest BCUT2D eigenvalue weighted by Gasteiger charge is -2.10. The average Bonchev–Trinajstić information content (AvgIpc) is 3.32. The third-order valence-corrected chi connectivity index (χ3v) is 3.86. The van der Waals surface area contributed by atoms with Gasteiger partial charge in [0.2, 0.25) is 0 Å². The molecular weight excluding hydrogens is 286 g/mol. The molecule has 3 rings (SSSR count). The van der Waals surface area contributed by atoms with Gasteiger partial charge in [-0.2, -0.15) is 0 Å². The Morgan fingerprint density at radius 3 is 2.71 bits per heavy atom.